The molecule has 2 amide bonds. The van der Waals surface area contributed by atoms with Gasteiger partial charge in [-0.15, -0.1) is 0 Å². The van der Waals surface area contributed by atoms with E-state index in [1.165, 1.54) is 0 Å². The van der Waals surface area contributed by atoms with Crippen molar-refractivity contribution in [2.24, 2.45) is 0 Å². The molecular weight excluding hydrogens is 300 g/mol. The van der Waals surface area contributed by atoms with Crippen LogP contribution in [0.5, 0.6) is 0 Å². The molecule has 1 N–H and O–H groups in total. The molecule has 1 heterocycles. The predicted molar refractivity (Wildman–Crippen MR) is 76.8 cm³/mol. The van der Waals surface area contributed by atoms with E-state index in [1.54, 1.807) is 0 Å². The van der Waals surface area contributed by atoms with Crippen LogP contribution >= 0.6 is 27.7 Å². The molecule has 1 aromatic rings. The van der Waals surface area contributed by atoms with E-state index >= 15 is 0 Å². The smallest absolute Gasteiger partial charge is 0.321 e. The number of hydrogen-bond acceptors (Lipinski definition) is 2. The lowest BCUT2D eigenvalue weighted by molar-refractivity contribution is 0.217. The van der Waals surface area contributed by atoms with E-state index in [4.69, 9.17) is 0 Å². The van der Waals surface area contributed by atoms with Crippen LogP contribution in [0, 0.1) is 6.92 Å². The van der Waals surface area contributed by atoms with Crippen molar-refractivity contribution in [3.63, 3.8) is 0 Å². The van der Waals surface area contributed by atoms with E-state index in [1.807, 2.05) is 41.8 Å². The number of thioether (sulfide) groups is 1. The highest BCUT2D eigenvalue weighted by Crippen LogP contribution is 2.21. The number of benzene rings is 1. The number of amides is 2. The molecule has 0 atom stereocenters. The average Bonchev–Trinajstić information content (AvgIpc) is 2.35. The lowest BCUT2D eigenvalue weighted by atomic mass is 10.2. The van der Waals surface area contributed by atoms with Crippen LogP contribution in [0.15, 0.2) is 22.7 Å². The van der Waals surface area contributed by atoms with Crippen LogP contribution in [-0.2, 0) is 0 Å². The van der Waals surface area contributed by atoms with Gasteiger partial charge in [-0.2, -0.15) is 11.8 Å². The van der Waals surface area contributed by atoms with Crippen LogP contribution in [0.1, 0.15) is 5.56 Å². The van der Waals surface area contributed by atoms with Gasteiger partial charge in [-0.1, -0.05) is 22.0 Å². The molecule has 3 nitrogen and oxygen atoms in total. The Morgan fingerprint density at radius 3 is 2.82 bits per heavy atom. The Labute approximate surface area is 114 Å². The first-order valence-electron chi connectivity index (χ1n) is 5.56. The van der Waals surface area contributed by atoms with E-state index in [9.17, 15) is 4.79 Å². The first kappa shape index (κ1) is 12.8. The minimum absolute atomic E-state index is 0.00602. The van der Waals surface area contributed by atoms with Crippen LogP contribution in [0.4, 0.5) is 10.5 Å². The van der Waals surface area contributed by atoms with Crippen molar-refractivity contribution < 1.29 is 4.79 Å². The Balaban J connectivity index is 2.04. The highest BCUT2D eigenvalue weighted by molar-refractivity contribution is 9.10. The summed E-state index contributed by atoms with van der Waals surface area (Å²) in [6.45, 7) is 3.67. The zero-order chi connectivity index (χ0) is 12.3. The molecule has 1 fully saturated rings. The molecule has 0 unspecified atom stereocenters. The van der Waals surface area contributed by atoms with Crippen LogP contribution in [-0.4, -0.2) is 35.5 Å². The Hall–Kier alpha value is -0.680. The van der Waals surface area contributed by atoms with Crippen molar-refractivity contribution in [2.45, 2.75) is 6.92 Å². The number of carbonyl (C=O) groups is 1. The molecule has 0 aliphatic carbocycles. The normalized spacial score (nSPS) is 15.8. The van der Waals surface area contributed by atoms with E-state index in [2.05, 4.69) is 21.2 Å². The van der Waals surface area contributed by atoms with Crippen molar-refractivity contribution in [3.05, 3.63) is 28.2 Å². The monoisotopic (exact) mass is 314 g/mol. The SMILES string of the molecule is Cc1ccc(Br)cc1NC(=O)N1CCSCC1. The molecule has 92 valence electrons. The van der Waals surface area contributed by atoms with Gasteiger partial charge in [0.2, 0.25) is 0 Å². The summed E-state index contributed by atoms with van der Waals surface area (Å²) in [5, 5.41) is 2.97. The van der Waals surface area contributed by atoms with Gasteiger partial charge in [0.1, 0.15) is 0 Å². The molecule has 0 saturated carbocycles. The summed E-state index contributed by atoms with van der Waals surface area (Å²) in [5.41, 5.74) is 1.95. The Morgan fingerprint density at radius 2 is 2.12 bits per heavy atom. The molecule has 0 radical (unpaired) electrons. The van der Waals surface area contributed by atoms with Crippen LogP contribution < -0.4 is 5.32 Å². The van der Waals surface area contributed by atoms with Gasteiger partial charge in [0, 0.05) is 34.8 Å². The second-order valence-electron chi connectivity index (χ2n) is 3.99. The molecular formula is C12H15BrN2OS. The number of halogens is 1. The van der Waals surface area contributed by atoms with Gasteiger partial charge < -0.3 is 10.2 Å². The molecule has 17 heavy (non-hydrogen) atoms. The summed E-state index contributed by atoms with van der Waals surface area (Å²) in [6.07, 6.45) is 0. The Morgan fingerprint density at radius 1 is 1.41 bits per heavy atom. The first-order valence-corrected chi connectivity index (χ1v) is 7.51. The largest absolute Gasteiger partial charge is 0.323 e. The highest BCUT2D eigenvalue weighted by atomic mass is 79.9. The number of aryl methyl sites for hydroxylation is 1. The predicted octanol–water partition coefficient (Wildman–Crippen LogP) is 3.34. The number of carbonyl (C=O) groups excluding carboxylic acids is 1. The third-order valence-corrected chi connectivity index (χ3v) is 4.18. The van der Waals surface area contributed by atoms with Gasteiger partial charge in [0.05, 0.1) is 0 Å². The van der Waals surface area contributed by atoms with Crippen LogP contribution in [0.2, 0.25) is 0 Å². The van der Waals surface area contributed by atoms with Crippen LogP contribution in [0.3, 0.4) is 0 Å². The lowest BCUT2D eigenvalue weighted by Crippen LogP contribution is -2.40. The van der Waals surface area contributed by atoms with Gasteiger partial charge in [0.25, 0.3) is 0 Å². The maximum atomic E-state index is 12.0. The average molecular weight is 315 g/mol. The molecule has 1 aromatic carbocycles. The highest BCUT2D eigenvalue weighted by Gasteiger charge is 2.17. The third kappa shape index (κ3) is 3.39. The maximum absolute atomic E-state index is 12.0. The summed E-state index contributed by atoms with van der Waals surface area (Å²) < 4.78 is 0.979. The van der Waals surface area contributed by atoms with Gasteiger partial charge in [-0.25, -0.2) is 4.79 Å². The lowest BCUT2D eigenvalue weighted by Gasteiger charge is -2.26. The zero-order valence-corrected chi connectivity index (χ0v) is 12.1. The fourth-order valence-electron chi connectivity index (χ4n) is 1.69. The molecule has 0 bridgehead atoms. The molecule has 5 heteroatoms. The van der Waals surface area contributed by atoms with E-state index in [0.29, 0.717) is 0 Å². The fourth-order valence-corrected chi connectivity index (χ4v) is 2.95. The summed E-state index contributed by atoms with van der Waals surface area (Å²) in [5.74, 6) is 2.07. The topological polar surface area (TPSA) is 32.3 Å². The quantitative estimate of drug-likeness (QED) is 0.862. The standard InChI is InChI=1S/C12H15BrN2OS/c1-9-2-3-10(13)8-11(9)14-12(16)15-4-6-17-7-5-15/h2-3,8H,4-7H2,1H3,(H,14,16). The molecule has 0 spiro atoms. The van der Waals surface area contributed by atoms with Crippen molar-refractivity contribution in [1.29, 1.82) is 0 Å². The molecule has 0 aromatic heterocycles. The Kier molecular flexibility index (Phi) is 4.34. The van der Waals surface area contributed by atoms with Gasteiger partial charge in [0.15, 0.2) is 0 Å². The van der Waals surface area contributed by atoms with Crippen molar-refractivity contribution >= 4 is 39.4 Å². The van der Waals surface area contributed by atoms with E-state index in [-0.39, 0.29) is 6.03 Å². The zero-order valence-electron chi connectivity index (χ0n) is 9.70. The number of anilines is 1. The van der Waals surface area contributed by atoms with Crippen molar-refractivity contribution in [1.82, 2.24) is 4.90 Å². The summed E-state index contributed by atoms with van der Waals surface area (Å²) in [6, 6.07) is 5.91. The van der Waals surface area contributed by atoms with Gasteiger partial charge >= 0.3 is 6.03 Å². The van der Waals surface area contributed by atoms with Gasteiger partial charge in [-0.05, 0) is 24.6 Å². The van der Waals surface area contributed by atoms with Gasteiger partial charge in [-0.3, -0.25) is 0 Å². The first-order chi connectivity index (χ1) is 8.16. The van der Waals surface area contributed by atoms with E-state index in [0.717, 1.165) is 40.3 Å². The number of nitrogens with zero attached hydrogens (tertiary/aromatic N) is 1. The van der Waals surface area contributed by atoms with Crippen molar-refractivity contribution in [2.75, 3.05) is 29.9 Å². The molecule has 2 rings (SSSR count). The number of urea groups is 1. The molecule has 1 aliphatic rings. The fraction of sp³-hybridized carbons (Fsp3) is 0.417. The van der Waals surface area contributed by atoms with Crippen LogP contribution in [0.25, 0.3) is 0 Å². The minimum atomic E-state index is 0.00602. The second-order valence-corrected chi connectivity index (χ2v) is 6.13. The Bertz CT molecular complexity index is 419. The molecule has 1 aliphatic heterocycles. The van der Waals surface area contributed by atoms with E-state index < -0.39 is 0 Å². The number of hydrogen-bond donors (Lipinski definition) is 1. The number of nitrogens with one attached hydrogen (secondary N) is 1. The summed E-state index contributed by atoms with van der Waals surface area (Å²) in [4.78, 5) is 13.9. The van der Waals surface area contributed by atoms with Crippen molar-refractivity contribution in [3.8, 4) is 0 Å². The minimum Gasteiger partial charge on any atom is -0.323 e. The second kappa shape index (κ2) is 5.78. The molecule has 1 saturated heterocycles. The summed E-state index contributed by atoms with van der Waals surface area (Å²) in [7, 11) is 0. The number of rotatable bonds is 1. The third-order valence-electron chi connectivity index (χ3n) is 2.74. The summed E-state index contributed by atoms with van der Waals surface area (Å²) >= 11 is 5.31. The maximum Gasteiger partial charge on any atom is 0.321 e.